The van der Waals surface area contributed by atoms with Crippen LogP contribution in [0.3, 0.4) is 0 Å². The molecular weight excluding hydrogens is 390 g/mol. The zero-order valence-corrected chi connectivity index (χ0v) is 17.9. The van der Waals surface area contributed by atoms with Crippen LogP contribution in [0.5, 0.6) is 5.75 Å². The smallest absolute Gasteiger partial charge is 0.194 e. The molecule has 2 aromatic heterocycles. The van der Waals surface area contributed by atoms with Crippen molar-refractivity contribution in [3.8, 4) is 5.75 Å². The van der Waals surface area contributed by atoms with Crippen LogP contribution in [0.2, 0.25) is 0 Å². The van der Waals surface area contributed by atoms with Gasteiger partial charge in [-0.05, 0) is 30.2 Å². The Labute approximate surface area is 182 Å². The Kier molecular flexibility index (Phi) is 5.65. The molecule has 31 heavy (non-hydrogen) atoms. The number of rotatable bonds is 5. The van der Waals surface area contributed by atoms with E-state index in [1.54, 1.807) is 6.26 Å². The predicted octanol–water partition coefficient (Wildman–Crippen LogP) is 3.51. The Morgan fingerprint density at radius 2 is 2.16 bits per heavy atom. The second-order valence-corrected chi connectivity index (χ2v) is 8.29. The molecule has 0 radical (unpaired) electrons. The van der Waals surface area contributed by atoms with Gasteiger partial charge in [-0.15, -0.1) is 0 Å². The number of fused-ring (bicyclic) bond motifs is 1. The third-order valence-electron chi connectivity index (χ3n) is 6.15. The number of aryl methyl sites for hydroxylation is 1. The van der Waals surface area contributed by atoms with Gasteiger partial charge in [0.15, 0.2) is 5.96 Å². The molecule has 2 aliphatic heterocycles. The van der Waals surface area contributed by atoms with Crippen LogP contribution in [0.1, 0.15) is 41.7 Å². The van der Waals surface area contributed by atoms with Gasteiger partial charge in [0.1, 0.15) is 11.5 Å². The lowest BCUT2D eigenvalue weighted by molar-refractivity contribution is 0.259. The van der Waals surface area contributed by atoms with Gasteiger partial charge in [-0.3, -0.25) is 9.67 Å². The number of guanidine groups is 1. The van der Waals surface area contributed by atoms with Gasteiger partial charge in [-0.2, -0.15) is 5.10 Å². The van der Waals surface area contributed by atoms with Crippen molar-refractivity contribution in [3.63, 3.8) is 0 Å². The average Bonchev–Trinajstić information content (AvgIpc) is 3.55. The quantitative estimate of drug-likeness (QED) is 0.506. The number of aromatic nitrogens is 2. The summed E-state index contributed by atoms with van der Waals surface area (Å²) in [4.78, 5) is 7.38. The molecule has 4 heterocycles. The van der Waals surface area contributed by atoms with E-state index in [9.17, 15) is 0 Å². The molecule has 3 aromatic rings. The molecule has 2 unspecified atom stereocenters. The molecule has 5 rings (SSSR count). The van der Waals surface area contributed by atoms with E-state index in [1.807, 2.05) is 42.2 Å². The van der Waals surface area contributed by atoms with Gasteiger partial charge >= 0.3 is 0 Å². The lowest BCUT2D eigenvalue weighted by Gasteiger charge is -2.31. The van der Waals surface area contributed by atoms with Crippen molar-refractivity contribution in [3.05, 3.63) is 71.9 Å². The summed E-state index contributed by atoms with van der Waals surface area (Å²) in [5.41, 5.74) is 2.51. The lowest BCUT2D eigenvalue weighted by atomic mass is 10.0. The summed E-state index contributed by atoms with van der Waals surface area (Å²) >= 11 is 0. The molecule has 7 heteroatoms. The first kappa shape index (κ1) is 19.7. The van der Waals surface area contributed by atoms with Crippen molar-refractivity contribution in [1.29, 1.82) is 0 Å². The molecule has 0 bridgehead atoms. The number of nitrogens with one attached hydrogen (secondary N) is 1. The summed E-state index contributed by atoms with van der Waals surface area (Å²) < 4.78 is 13.2. The van der Waals surface area contributed by atoms with Crippen LogP contribution in [0.25, 0.3) is 0 Å². The number of hydrogen-bond donors (Lipinski definition) is 1. The minimum absolute atomic E-state index is 0.199. The molecule has 1 saturated heterocycles. The molecule has 0 aliphatic carbocycles. The van der Waals surface area contributed by atoms with Crippen molar-refractivity contribution < 1.29 is 9.15 Å². The molecule has 0 amide bonds. The minimum atomic E-state index is 0.199. The van der Waals surface area contributed by atoms with E-state index in [-0.39, 0.29) is 6.04 Å². The lowest BCUT2D eigenvalue weighted by Crippen LogP contribution is -2.43. The number of likely N-dealkylation sites (tertiary alicyclic amines) is 1. The molecule has 2 aliphatic rings. The number of benzene rings is 1. The van der Waals surface area contributed by atoms with E-state index in [0.717, 1.165) is 49.8 Å². The maximum Gasteiger partial charge on any atom is 0.194 e. The number of furan rings is 1. The third-order valence-corrected chi connectivity index (χ3v) is 6.15. The number of para-hydroxylation sites is 1. The van der Waals surface area contributed by atoms with E-state index in [1.165, 1.54) is 11.1 Å². The van der Waals surface area contributed by atoms with Crippen LogP contribution in [-0.2, 0) is 13.5 Å². The van der Waals surface area contributed by atoms with Crippen molar-refractivity contribution in [2.45, 2.75) is 31.2 Å². The standard InChI is InChI=1S/C24H29N5O2/c1-28-16-19(15-26-28)18-9-12-29(17-18)24(25-11-8-20-5-4-13-30-20)27-22-10-14-31-23-7-3-2-6-21(22)23/h2-7,13,15-16,18,22H,8-12,14,17H2,1H3,(H,25,27). The van der Waals surface area contributed by atoms with Gasteiger partial charge in [0.25, 0.3) is 0 Å². The van der Waals surface area contributed by atoms with Gasteiger partial charge in [-0.25, -0.2) is 0 Å². The number of aliphatic imine (C=N–C) groups is 1. The van der Waals surface area contributed by atoms with Gasteiger partial charge < -0.3 is 19.4 Å². The van der Waals surface area contributed by atoms with Crippen molar-refractivity contribution in [2.24, 2.45) is 12.0 Å². The summed E-state index contributed by atoms with van der Waals surface area (Å²) in [7, 11) is 1.97. The highest BCUT2D eigenvalue weighted by molar-refractivity contribution is 5.81. The first-order chi connectivity index (χ1) is 15.3. The number of ether oxygens (including phenoxy) is 1. The van der Waals surface area contributed by atoms with Crippen molar-refractivity contribution in [1.82, 2.24) is 20.0 Å². The highest BCUT2D eigenvalue weighted by atomic mass is 16.5. The molecule has 2 atom stereocenters. The molecule has 162 valence electrons. The second-order valence-electron chi connectivity index (χ2n) is 8.29. The van der Waals surface area contributed by atoms with Crippen LogP contribution < -0.4 is 10.1 Å². The third kappa shape index (κ3) is 4.45. The van der Waals surface area contributed by atoms with Crippen molar-refractivity contribution in [2.75, 3.05) is 26.2 Å². The highest BCUT2D eigenvalue weighted by Crippen LogP contribution is 2.32. The van der Waals surface area contributed by atoms with Crippen LogP contribution in [0.4, 0.5) is 0 Å². The summed E-state index contributed by atoms with van der Waals surface area (Å²) in [6, 6.07) is 12.4. The fourth-order valence-corrected chi connectivity index (χ4v) is 4.49. The molecule has 1 N–H and O–H groups in total. The zero-order valence-electron chi connectivity index (χ0n) is 17.9. The summed E-state index contributed by atoms with van der Waals surface area (Å²) in [5.74, 6) is 3.39. The van der Waals surface area contributed by atoms with E-state index in [4.69, 9.17) is 14.1 Å². The summed E-state index contributed by atoms with van der Waals surface area (Å²) in [5, 5.41) is 8.11. The maximum atomic E-state index is 5.85. The van der Waals surface area contributed by atoms with Crippen LogP contribution >= 0.6 is 0 Å². The van der Waals surface area contributed by atoms with Crippen LogP contribution in [0, 0.1) is 0 Å². The van der Waals surface area contributed by atoms with E-state index in [0.29, 0.717) is 19.1 Å². The average molecular weight is 420 g/mol. The van der Waals surface area contributed by atoms with E-state index >= 15 is 0 Å². The molecular formula is C24H29N5O2. The van der Waals surface area contributed by atoms with E-state index in [2.05, 4.69) is 33.6 Å². The zero-order chi connectivity index (χ0) is 21.0. The molecule has 1 aromatic carbocycles. The summed E-state index contributed by atoms with van der Waals surface area (Å²) in [6.45, 7) is 3.33. The molecule has 1 fully saturated rings. The predicted molar refractivity (Wildman–Crippen MR) is 119 cm³/mol. The largest absolute Gasteiger partial charge is 0.493 e. The van der Waals surface area contributed by atoms with Gasteiger partial charge in [0.05, 0.1) is 25.1 Å². The molecule has 0 saturated carbocycles. The number of nitrogens with zero attached hydrogens (tertiary/aromatic N) is 4. The first-order valence-electron chi connectivity index (χ1n) is 11.0. The van der Waals surface area contributed by atoms with Gasteiger partial charge in [0.2, 0.25) is 0 Å². The Bertz CT molecular complexity index is 1030. The SMILES string of the molecule is Cn1cc(C2CCN(C(=NCCc3ccco3)NC3CCOc4ccccc43)C2)cn1. The Morgan fingerprint density at radius 3 is 3.00 bits per heavy atom. The van der Waals surface area contributed by atoms with Crippen LogP contribution in [-0.4, -0.2) is 46.9 Å². The Balaban J connectivity index is 1.33. The topological polar surface area (TPSA) is 67.8 Å². The van der Waals surface area contributed by atoms with E-state index < -0.39 is 0 Å². The molecule has 7 nitrogen and oxygen atoms in total. The Morgan fingerprint density at radius 1 is 1.23 bits per heavy atom. The van der Waals surface area contributed by atoms with Gasteiger partial charge in [-0.1, -0.05) is 18.2 Å². The molecule has 0 spiro atoms. The second kappa shape index (κ2) is 8.88. The fourth-order valence-electron chi connectivity index (χ4n) is 4.49. The fraction of sp³-hybridized carbons (Fsp3) is 0.417. The monoisotopic (exact) mass is 419 g/mol. The number of hydrogen-bond acceptors (Lipinski definition) is 4. The normalized spacial score (nSPS) is 21.1. The summed E-state index contributed by atoms with van der Waals surface area (Å²) in [6.07, 6.45) is 8.66. The Hall–Kier alpha value is -3.22. The minimum Gasteiger partial charge on any atom is -0.493 e. The van der Waals surface area contributed by atoms with Crippen LogP contribution in [0.15, 0.2) is 64.5 Å². The highest BCUT2D eigenvalue weighted by Gasteiger charge is 2.29. The first-order valence-corrected chi connectivity index (χ1v) is 11.0. The van der Waals surface area contributed by atoms with Gasteiger partial charge in [0, 0.05) is 57.2 Å². The van der Waals surface area contributed by atoms with Crippen molar-refractivity contribution >= 4 is 5.96 Å². The maximum absolute atomic E-state index is 5.85.